The first-order chi connectivity index (χ1) is 20.7. The van der Waals surface area contributed by atoms with Crippen LogP contribution in [-0.4, -0.2) is 96.7 Å². The summed E-state index contributed by atoms with van der Waals surface area (Å²) < 4.78 is 47.4. The first-order valence-corrected chi connectivity index (χ1v) is 14.8. The Balaban J connectivity index is 1.43. The van der Waals surface area contributed by atoms with Crippen LogP contribution in [0.3, 0.4) is 0 Å². The highest BCUT2D eigenvalue weighted by atomic mass is 16.7. The molecule has 41 heavy (non-hydrogen) atoms. The third-order valence-corrected chi connectivity index (χ3v) is 11.7. The molecule has 5 rings (SSSR count). The van der Waals surface area contributed by atoms with Crippen molar-refractivity contribution < 1.29 is 60.3 Å². The third kappa shape index (κ3) is 5.13. The zero-order chi connectivity index (χ0) is 33.6. The Kier molecular flexibility index (Phi) is 7.19. The predicted octanol–water partition coefficient (Wildman–Crippen LogP) is 1.37. The van der Waals surface area contributed by atoms with Gasteiger partial charge in [-0.15, -0.1) is 0 Å². The summed E-state index contributed by atoms with van der Waals surface area (Å²) in [5.41, 5.74) is -1.63. The quantitative estimate of drug-likeness (QED) is 0.212. The highest BCUT2D eigenvalue weighted by molar-refractivity contribution is 5.73. The average Bonchev–Trinajstić information content (AvgIpc) is 3.29. The summed E-state index contributed by atoms with van der Waals surface area (Å²) in [7, 11) is 0. The van der Waals surface area contributed by atoms with Gasteiger partial charge in [0.25, 0.3) is 0 Å². The molecule has 5 fully saturated rings. The van der Waals surface area contributed by atoms with E-state index in [0.29, 0.717) is 12.8 Å². The van der Waals surface area contributed by atoms with Crippen molar-refractivity contribution in [3.8, 4) is 0 Å². The predicted molar refractivity (Wildman–Crippen MR) is 143 cm³/mol. The smallest absolute Gasteiger partial charge is 0.335 e. The number of ether oxygens (including phenoxy) is 2. The number of rotatable bonds is 7. The minimum absolute atomic E-state index is 0.0182. The Morgan fingerprint density at radius 3 is 2.39 bits per heavy atom. The zero-order valence-electron chi connectivity index (χ0n) is 27.8. The van der Waals surface area contributed by atoms with Crippen LogP contribution in [0, 0.1) is 46.3 Å². The van der Waals surface area contributed by atoms with Crippen LogP contribution in [0.5, 0.6) is 0 Å². The van der Waals surface area contributed by atoms with E-state index in [9.17, 15) is 48.1 Å². The number of aliphatic hydroxyl groups is 5. The molecule has 16 atom stereocenters. The molecule has 1 unspecified atom stereocenters. The van der Waals surface area contributed by atoms with E-state index in [1.165, 1.54) is 0 Å². The van der Waals surface area contributed by atoms with Crippen LogP contribution in [0.25, 0.3) is 0 Å². The second-order valence-electron chi connectivity index (χ2n) is 13.7. The number of aliphatic hydroxyl groups excluding tert-OH is 5. The van der Waals surface area contributed by atoms with Crippen molar-refractivity contribution in [1.82, 2.24) is 0 Å². The van der Waals surface area contributed by atoms with E-state index in [-0.39, 0.29) is 49.4 Å². The van der Waals surface area contributed by atoms with Gasteiger partial charge < -0.3 is 45.2 Å². The Morgan fingerprint density at radius 2 is 1.73 bits per heavy atom. The van der Waals surface area contributed by atoms with Crippen molar-refractivity contribution in [3.63, 3.8) is 0 Å². The number of aliphatic carboxylic acids is 2. The number of hydrogen-bond acceptors (Lipinski definition) is 9. The number of hydrogen-bond donors (Lipinski definition) is 7. The van der Waals surface area contributed by atoms with Crippen molar-refractivity contribution in [1.29, 1.82) is 0 Å². The summed E-state index contributed by atoms with van der Waals surface area (Å²) >= 11 is 0. The minimum atomic E-state index is -2.47. The van der Waals surface area contributed by atoms with Crippen molar-refractivity contribution in [3.05, 3.63) is 0 Å². The SMILES string of the molecule is [2H]C1([2H])C[C@@]2(C)[C@H](C[C@@H](O)[C@@H]3[C@@H]2C[C@H](O)[C@]2(C)[C@@H]([C@H](C)CCC(=O)O)CC[C@@H]32)C([2H])([2H])[C@@H]1O[C@@H]1O[C@H](C(=O)O)[C@@H](O)C(O)[C@H]1O. The molecule has 11 heteroatoms. The van der Waals surface area contributed by atoms with E-state index in [2.05, 4.69) is 0 Å². The Labute approximate surface area is 246 Å². The number of carboxylic acids is 2. The van der Waals surface area contributed by atoms with E-state index < -0.39 is 96.4 Å². The first-order valence-electron chi connectivity index (χ1n) is 16.8. The van der Waals surface area contributed by atoms with E-state index >= 15 is 0 Å². The molecule has 0 amide bonds. The summed E-state index contributed by atoms with van der Waals surface area (Å²) in [5.74, 6) is -4.34. The normalized spacial score (nSPS) is 56.0. The number of carbonyl (C=O) groups is 2. The average molecular weight is 589 g/mol. The molecule has 1 heterocycles. The van der Waals surface area contributed by atoms with Gasteiger partial charge in [0.1, 0.15) is 18.3 Å². The van der Waals surface area contributed by atoms with Crippen LogP contribution < -0.4 is 0 Å². The lowest BCUT2D eigenvalue weighted by molar-refractivity contribution is -0.310. The maximum absolute atomic E-state index is 11.8. The molecule has 5 aliphatic rings. The van der Waals surface area contributed by atoms with Gasteiger partial charge in [-0.05, 0) is 97.6 Å². The van der Waals surface area contributed by atoms with Gasteiger partial charge in [0.15, 0.2) is 12.4 Å². The molecule has 7 N–H and O–H groups in total. The lowest BCUT2D eigenvalue weighted by atomic mass is 9.43. The van der Waals surface area contributed by atoms with Crippen LogP contribution in [0.15, 0.2) is 0 Å². The van der Waals surface area contributed by atoms with Gasteiger partial charge in [-0.1, -0.05) is 20.8 Å². The fourth-order valence-electron chi connectivity index (χ4n) is 9.36. The van der Waals surface area contributed by atoms with Crippen molar-refractivity contribution in [2.75, 3.05) is 0 Å². The van der Waals surface area contributed by atoms with Gasteiger partial charge in [-0.3, -0.25) is 4.79 Å². The highest BCUT2D eigenvalue weighted by Gasteiger charge is 2.66. The topological polar surface area (TPSA) is 194 Å². The third-order valence-electron chi connectivity index (χ3n) is 11.7. The molecule has 0 aromatic rings. The first kappa shape index (κ1) is 26.1. The summed E-state index contributed by atoms with van der Waals surface area (Å²) in [6.45, 7) is 5.82. The highest BCUT2D eigenvalue weighted by Crippen LogP contribution is 2.68. The Hall–Kier alpha value is -1.34. The molecular weight excluding hydrogens is 536 g/mol. The van der Waals surface area contributed by atoms with Crippen LogP contribution in [0.4, 0.5) is 0 Å². The Bertz CT molecular complexity index is 1160. The van der Waals surface area contributed by atoms with Crippen molar-refractivity contribution in [2.45, 2.75) is 127 Å². The maximum atomic E-state index is 11.8. The van der Waals surface area contributed by atoms with Crippen LogP contribution in [0.2, 0.25) is 0 Å². The van der Waals surface area contributed by atoms with Crippen molar-refractivity contribution in [2.24, 2.45) is 46.3 Å². The van der Waals surface area contributed by atoms with E-state index in [1.54, 1.807) is 6.92 Å². The molecule has 4 saturated carbocycles. The molecule has 0 aromatic carbocycles. The molecule has 0 radical (unpaired) electrons. The molecule has 0 bridgehead atoms. The molecule has 0 aromatic heterocycles. The molecule has 1 saturated heterocycles. The fourth-order valence-corrected chi connectivity index (χ4v) is 9.36. The summed E-state index contributed by atoms with van der Waals surface area (Å²) in [5, 5.41) is 73.0. The largest absolute Gasteiger partial charge is 0.481 e. The van der Waals surface area contributed by atoms with Gasteiger partial charge in [0.2, 0.25) is 0 Å². The van der Waals surface area contributed by atoms with E-state index in [0.717, 1.165) is 6.42 Å². The summed E-state index contributed by atoms with van der Waals surface area (Å²) in [4.78, 5) is 22.9. The number of fused-ring (bicyclic) bond motifs is 5. The van der Waals surface area contributed by atoms with Gasteiger partial charge >= 0.3 is 11.9 Å². The lowest BCUT2D eigenvalue weighted by Gasteiger charge is -2.63. The molecule has 1 aliphatic heterocycles. The molecule has 0 spiro atoms. The van der Waals surface area contributed by atoms with Crippen LogP contribution in [0.1, 0.15) is 83.9 Å². The standard InChI is InChI=1S/C30H48O11/c1-13(4-7-21(33)34)16-5-6-17-22-18(12-20(32)30(16,17)3)29(2)9-8-15(10-14(29)11-19(22)31)40-28-25(37)23(35)24(36)26(41-28)27(38)39/h13-20,22-26,28,31-32,35-37H,4-12H2,1-3H3,(H,33,34)(H,38,39)/t13-,14+,15-,16-,17+,18+,19-,20+,22+,23?,24+,25-,26+,28-,29+,30-/m1/s1/i8D2,10D2. The monoisotopic (exact) mass is 588 g/mol. The summed E-state index contributed by atoms with van der Waals surface area (Å²) in [6, 6.07) is 0. The van der Waals surface area contributed by atoms with Crippen LogP contribution >= 0.6 is 0 Å². The van der Waals surface area contributed by atoms with Gasteiger partial charge in [0.05, 0.1) is 18.3 Å². The second kappa shape index (κ2) is 11.3. The lowest BCUT2D eigenvalue weighted by Crippen LogP contribution is -2.63. The fraction of sp³-hybridized carbons (Fsp3) is 0.933. The molecule has 4 aliphatic carbocycles. The maximum Gasteiger partial charge on any atom is 0.335 e. The van der Waals surface area contributed by atoms with Gasteiger partial charge in [-0.25, -0.2) is 4.79 Å². The zero-order valence-corrected chi connectivity index (χ0v) is 23.8. The molecular formula is C30H48O11. The van der Waals surface area contributed by atoms with Gasteiger partial charge in [0, 0.05) is 11.9 Å². The minimum Gasteiger partial charge on any atom is -0.481 e. The van der Waals surface area contributed by atoms with Crippen molar-refractivity contribution >= 4 is 11.9 Å². The van der Waals surface area contributed by atoms with Gasteiger partial charge in [-0.2, -0.15) is 0 Å². The van der Waals surface area contributed by atoms with E-state index in [1.807, 2.05) is 13.8 Å². The Morgan fingerprint density at radius 1 is 1.02 bits per heavy atom. The molecule has 11 nitrogen and oxygen atoms in total. The van der Waals surface area contributed by atoms with Crippen LogP contribution in [-0.2, 0) is 19.1 Å². The molecule has 234 valence electrons. The van der Waals surface area contributed by atoms with E-state index in [4.69, 9.17) is 12.2 Å². The number of carboxylic acid groups (broad SMARTS) is 2. The summed E-state index contributed by atoms with van der Waals surface area (Å²) in [6.07, 6.45) is -16.6. The second-order valence-corrected chi connectivity index (χ2v) is 13.7.